The van der Waals surface area contributed by atoms with Crippen molar-refractivity contribution in [2.75, 3.05) is 5.32 Å². The number of fused-ring (bicyclic) bond motifs is 2. The van der Waals surface area contributed by atoms with Crippen LogP contribution in [0, 0.1) is 0 Å². The van der Waals surface area contributed by atoms with Gasteiger partial charge in [0.2, 0.25) is 11.7 Å². The minimum Gasteiger partial charge on any atom is -0.350 e. The first-order valence-corrected chi connectivity index (χ1v) is 8.83. The molecule has 1 fully saturated rings. The Kier molecular flexibility index (Phi) is 3.40. The van der Waals surface area contributed by atoms with E-state index in [1.54, 1.807) is 16.9 Å². The molecule has 0 saturated heterocycles. The Hall–Kier alpha value is -3.10. The number of imidazole rings is 1. The van der Waals surface area contributed by atoms with Gasteiger partial charge in [-0.2, -0.15) is 0 Å². The van der Waals surface area contributed by atoms with Gasteiger partial charge in [0.05, 0.1) is 17.9 Å². The Morgan fingerprint density at radius 3 is 2.78 bits per heavy atom. The maximum atomic E-state index is 13.0. The zero-order valence-corrected chi connectivity index (χ0v) is 14.6. The number of nitrogens with zero attached hydrogens (tertiary/aromatic N) is 6. The molecule has 0 spiro atoms. The van der Waals surface area contributed by atoms with Gasteiger partial charge in [0.1, 0.15) is 0 Å². The van der Waals surface area contributed by atoms with Gasteiger partial charge in [-0.05, 0) is 12.5 Å². The third kappa shape index (κ3) is 2.70. The van der Waals surface area contributed by atoms with Crippen molar-refractivity contribution in [3.8, 4) is 11.1 Å². The van der Waals surface area contributed by atoms with Crippen LogP contribution in [0.15, 0.2) is 37.1 Å². The summed E-state index contributed by atoms with van der Waals surface area (Å²) in [5.74, 6) is -1.56. The average molecular weight is 369 g/mol. The quantitative estimate of drug-likeness (QED) is 0.598. The van der Waals surface area contributed by atoms with E-state index in [1.165, 1.54) is 0 Å². The fraction of sp³-hybridized carbons (Fsp3) is 0.333. The molecule has 1 aliphatic rings. The van der Waals surface area contributed by atoms with Gasteiger partial charge in [-0.25, -0.2) is 28.2 Å². The molecule has 0 bridgehead atoms. The van der Waals surface area contributed by atoms with Crippen LogP contribution in [-0.4, -0.2) is 40.9 Å². The third-order valence-corrected chi connectivity index (χ3v) is 4.95. The first-order valence-electron chi connectivity index (χ1n) is 8.83. The fourth-order valence-electron chi connectivity index (χ4n) is 3.48. The van der Waals surface area contributed by atoms with Crippen LogP contribution in [0.25, 0.3) is 22.4 Å². The third-order valence-electron chi connectivity index (χ3n) is 4.95. The summed E-state index contributed by atoms with van der Waals surface area (Å²) in [5, 5.41) is 7.35. The van der Waals surface area contributed by atoms with Crippen molar-refractivity contribution in [2.45, 2.75) is 38.2 Å². The van der Waals surface area contributed by atoms with Gasteiger partial charge in [-0.15, -0.1) is 5.10 Å². The maximum Gasteiger partial charge on any atom is 0.252 e. The Morgan fingerprint density at radius 1 is 1.19 bits per heavy atom. The van der Waals surface area contributed by atoms with Crippen molar-refractivity contribution in [1.29, 1.82) is 0 Å². The zero-order chi connectivity index (χ0) is 18.6. The van der Waals surface area contributed by atoms with Gasteiger partial charge in [0.25, 0.3) is 5.92 Å². The second-order valence-electron chi connectivity index (χ2n) is 6.86. The molecule has 5 rings (SSSR count). The van der Waals surface area contributed by atoms with Gasteiger partial charge in [0.15, 0.2) is 0 Å². The predicted molar refractivity (Wildman–Crippen MR) is 95.9 cm³/mol. The molecule has 27 heavy (non-hydrogen) atoms. The number of halogens is 2. The van der Waals surface area contributed by atoms with Crippen LogP contribution >= 0.6 is 0 Å². The molecule has 0 amide bonds. The topological polar surface area (TPSA) is 72.4 Å². The van der Waals surface area contributed by atoms with E-state index < -0.39 is 5.92 Å². The second-order valence-corrected chi connectivity index (χ2v) is 6.86. The summed E-state index contributed by atoms with van der Waals surface area (Å²) in [6.45, 7) is 2.07. The van der Waals surface area contributed by atoms with Crippen molar-refractivity contribution in [3.05, 3.63) is 42.7 Å². The lowest BCUT2D eigenvalue weighted by molar-refractivity contribution is -0.0794. The van der Waals surface area contributed by atoms with Gasteiger partial charge < -0.3 is 5.32 Å². The van der Waals surface area contributed by atoms with Crippen LogP contribution < -0.4 is 5.32 Å². The highest BCUT2D eigenvalue weighted by atomic mass is 19.3. The van der Waals surface area contributed by atoms with Crippen molar-refractivity contribution >= 4 is 17.2 Å². The SMILES string of the molecule is CCc1cnc2ncc(-c3ccn4nc(NC5CC(F)(F)C5)ncc34)cn12. The highest BCUT2D eigenvalue weighted by Gasteiger charge is 2.45. The van der Waals surface area contributed by atoms with Gasteiger partial charge >= 0.3 is 0 Å². The molecule has 138 valence electrons. The molecule has 4 aromatic rings. The van der Waals surface area contributed by atoms with Crippen molar-refractivity contribution in [2.24, 2.45) is 0 Å². The van der Waals surface area contributed by atoms with Crippen molar-refractivity contribution in [1.82, 2.24) is 29.0 Å². The number of alkyl halides is 2. The van der Waals surface area contributed by atoms with Gasteiger partial charge in [-0.1, -0.05) is 6.92 Å². The Bertz CT molecular complexity index is 1140. The van der Waals surface area contributed by atoms with Crippen LogP contribution in [0.1, 0.15) is 25.5 Å². The van der Waals surface area contributed by atoms with E-state index >= 15 is 0 Å². The minimum atomic E-state index is -2.57. The van der Waals surface area contributed by atoms with Gasteiger partial charge in [-0.3, -0.25) is 4.40 Å². The maximum absolute atomic E-state index is 13.0. The van der Waals surface area contributed by atoms with E-state index in [0.29, 0.717) is 11.7 Å². The van der Waals surface area contributed by atoms with E-state index in [1.807, 2.05) is 29.1 Å². The summed E-state index contributed by atoms with van der Waals surface area (Å²) >= 11 is 0. The lowest BCUT2D eigenvalue weighted by Gasteiger charge is -2.35. The smallest absolute Gasteiger partial charge is 0.252 e. The normalized spacial score (nSPS) is 16.7. The van der Waals surface area contributed by atoms with E-state index in [4.69, 9.17) is 0 Å². The molecule has 4 heterocycles. The van der Waals surface area contributed by atoms with E-state index in [9.17, 15) is 8.78 Å². The number of aryl methyl sites for hydroxylation is 1. The van der Waals surface area contributed by atoms with Gasteiger partial charge in [0, 0.05) is 54.3 Å². The van der Waals surface area contributed by atoms with Crippen LogP contribution in [0.5, 0.6) is 0 Å². The van der Waals surface area contributed by atoms with E-state index in [2.05, 4.69) is 32.3 Å². The number of rotatable bonds is 4. The molecule has 0 aliphatic heterocycles. The standard InChI is InChI=1S/C18H17F2N7/c1-2-13-8-23-17-22-7-11(10-26(13)17)14-3-4-27-15(14)9-21-16(25-27)24-12-5-18(19,20)6-12/h3-4,7-10,12H,2,5-6H2,1H3,(H,24,25). The summed E-state index contributed by atoms with van der Waals surface area (Å²) in [7, 11) is 0. The highest BCUT2D eigenvalue weighted by molar-refractivity contribution is 5.79. The number of anilines is 1. The largest absolute Gasteiger partial charge is 0.350 e. The molecular formula is C18H17F2N7. The average Bonchev–Trinajstić information content (AvgIpc) is 3.22. The summed E-state index contributed by atoms with van der Waals surface area (Å²) in [6.07, 6.45) is 9.64. The first kappa shape index (κ1) is 16.1. The van der Waals surface area contributed by atoms with Crippen LogP contribution in [0.2, 0.25) is 0 Å². The lowest BCUT2D eigenvalue weighted by Crippen LogP contribution is -2.44. The number of nitrogens with one attached hydrogen (secondary N) is 1. The Balaban J connectivity index is 1.47. The molecule has 0 atom stereocenters. The second kappa shape index (κ2) is 5.70. The molecule has 1 saturated carbocycles. The summed E-state index contributed by atoms with van der Waals surface area (Å²) in [6, 6.07) is 1.66. The number of aromatic nitrogens is 6. The van der Waals surface area contributed by atoms with Crippen molar-refractivity contribution in [3.63, 3.8) is 0 Å². The molecular weight excluding hydrogens is 352 g/mol. The minimum absolute atomic E-state index is 0.179. The van der Waals surface area contributed by atoms with Crippen LogP contribution in [0.3, 0.4) is 0 Å². The summed E-state index contributed by atoms with van der Waals surface area (Å²) in [5.41, 5.74) is 3.78. The predicted octanol–water partition coefficient (Wildman–Crippen LogP) is 3.21. The molecule has 1 aliphatic carbocycles. The van der Waals surface area contributed by atoms with Crippen LogP contribution in [-0.2, 0) is 6.42 Å². The van der Waals surface area contributed by atoms with E-state index in [0.717, 1.165) is 28.8 Å². The molecule has 0 aromatic carbocycles. The zero-order valence-electron chi connectivity index (χ0n) is 14.6. The van der Waals surface area contributed by atoms with E-state index in [-0.39, 0.29) is 18.9 Å². The highest BCUT2D eigenvalue weighted by Crippen LogP contribution is 2.38. The lowest BCUT2D eigenvalue weighted by atomic mass is 9.88. The molecule has 1 N–H and O–H groups in total. The fourth-order valence-corrected chi connectivity index (χ4v) is 3.48. The monoisotopic (exact) mass is 369 g/mol. The Morgan fingerprint density at radius 2 is 2.00 bits per heavy atom. The summed E-state index contributed by atoms with van der Waals surface area (Å²) < 4.78 is 29.6. The number of hydrogen-bond acceptors (Lipinski definition) is 5. The number of hydrogen-bond donors (Lipinski definition) is 1. The Labute approximate surface area is 153 Å². The molecule has 7 nitrogen and oxygen atoms in total. The summed E-state index contributed by atoms with van der Waals surface area (Å²) in [4.78, 5) is 13.0. The molecule has 9 heteroatoms. The van der Waals surface area contributed by atoms with Crippen LogP contribution in [0.4, 0.5) is 14.7 Å². The first-order chi connectivity index (χ1) is 13.0. The molecule has 0 unspecified atom stereocenters. The van der Waals surface area contributed by atoms with Crippen molar-refractivity contribution < 1.29 is 8.78 Å². The molecule has 4 aromatic heterocycles. The molecule has 0 radical (unpaired) electrons.